The van der Waals surface area contributed by atoms with Crippen molar-refractivity contribution in [2.24, 2.45) is 0 Å². The number of carbonyl (C=O) groups is 1. The maximum atomic E-state index is 10.5. The van der Waals surface area contributed by atoms with Gasteiger partial charge in [-0.25, -0.2) is 0 Å². The molecule has 0 saturated carbocycles. The zero-order chi connectivity index (χ0) is 8.10. The van der Waals surface area contributed by atoms with Gasteiger partial charge in [-0.3, -0.25) is 4.79 Å². The Balaban J connectivity index is 2.47. The lowest BCUT2D eigenvalue weighted by Gasteiger charge is -2.23. The Morgan fingerprint density at radius 2 is 2.27 bits per heavy atom. The summed E-state index contributed by atoms with van der Waals surface area (Å²) in [5.41, 5.74) is 0. The van der Waals surface area contributed by atoms with E-state index in [9.17, 15) is 4.79 Å². The van der Waals surface area contributed by atoms with E-state index < -0.39 is 0 Å². The van der Waals surface area contributed by atoms with Crippen LogP contribution in [0.1, 0.15) is 25.7 Å². The third-order valence-electron chi connectivity index (χ3n) is 2.14. The minimum atomic E-state index is 0.0231. The molecule has 1 aliphatic rings. The van der Waals surface area contributed by atoms with Crippen molar-refractivity contribution < 1.29 is 9.53 Å². The van der Waals surface area contributed by atoms with E-state index in [-0.39, 0.29) is 6.23 Å². The predicted molar refractivity (Wildman–Crippen MR) is 42.0 cm³/mol. The summed E-state index contributed by atoms with van der Waals surface area (Å²) in [5, 5.41) is 0. The first-order valence-corrected chi connectivity index (χ1v) is 4.12. The van der Waals surface area contributed by atoms with Crippen LogP contribution in [0, 0.1) is 0 Å². The fraction of sp³-hybridized carbons (Fsp3) is 0.875. The first kappa shape index (κ1) is 8.53. The van der Waals surface area contributed by atoms with Crippen molar-refractivity contribution in [3.63, 3.8) is 0 Å². The lowest BCUT2D eigenvalue weighted by atomic mass is 10.2. The van der Waals surface area contributed by atoms with Crippen LogP contribution in [0.15, 0.2) is 0 Å². The van der Waals surface area contributed by atoms with Gasteiger partial charge in [0.15, 0.2) is 0 Å². The highest BCUT2D eigenvalue weighted by atomic mass is 16.5. The highest BCUT2D eigenvalue weighted by molar-refractivity contribution is 5.47. The zero-order valence-corrected chi connectivity index (χ0v) is 6.95. The molecular weight excluding hydrogens is 142 g/mol. The Morgan fingerprint density at radius 3 is 2.91 bits per heavy atom. The van der Waals surface area contributed by atoms with E-state index in [1.165, 1.54) is 12.8 Å². The van der Waals surface area contributed by atoms with Crippen molar-refractivity contribution in [1.29, 1.82) is 0 Å². The summed E-state index contributed by atoms with van der Waals surface area (Å²) >= 11 is 0. The number of hydrogen-bond donors (Lipinski definition) is 0. The monoisotopic (exact) mass is 157 g/mol. The van der Waals surface area contributed by atoms with Crippen LogP contribution in [0.4, 0.5) is 0 Å². The van der Waals surface area contributed by atoms with Crippen LogP contribution >= 0.6 is 0 Å². The first-order chi connectivity index (χ1) is 5.38. The van der Waals surface area contributed by atoms with Crippen molar-refractivity contribution in [3.8, 4) is 0 Å². The molecule has 0 radical (unpaired) electrons. The third-order valence-corrected chi connectivity index (χ3v) is 2.14. The summed E-state index contributed by atoms with van der Waals surface area (Å²) in [4.78, 5) is 12.3. The Hall–Kier alpha value is -0.570. The summed E-state index contributed by atoms with van der Waals surface area (Å²) in [6, 6.07) is 0. The molecule has 1 saturated heterocycles. The van der Waals surface area contributed by atoms with Gasteiger partial charge in [-0.2, -0.15) is 0 Å². The molecule has 0 aromatic heterocycles. The standard InChI is InChI=1S/C8H15NO2/c1-11-8-5-3-2-4-6-9(8)7-10/h7-8H,2-6H2,1H3. The fourth-order valence-electron chi connectivity index (χ4n) is 1.47. The molecule has 0 N–H and O–H groups in total. The van der Waals surface area contributed by atoms with Crippen molar-refractivity contribution in [1.82, 2.24) is 4.90 Å². The summed E-state index contributed by atoms with van der Waals surface area (Å²) in [6.07, 6.45) is 5.38. The van der Waals surface area contributed by atoms with Crippen molar-refractivity contribution in [2.45, 2.75) is 31.9 Å². The second-order valence-corrected chi connectivity index (χ2v) is 2.88. The second kappa shape index (κ2) is 4.34. The number of hydrogen-bond acceptors (Lipinski definition) is 2. The van der Waals surface area contributed by atoms with E-state index in [1.807, 2.05) is 0 Å². The predicted octanol–water partition coefficient (Wildman–Crippen LogP) is 0.991. The Kier molecular flexibility index (Phi) is 3.36. The van der Waals surface area contributed by atoms with Gasteiger partial charge < -0.3 is 9.64 Å². The van der Waals surface area contributed by atoms with Crippen LogP contribution in [0.2, 0.25) is 0 Å². The average molecular weight is 157 g/mol. The van der Waals surface area contributed by atoms with E-state index in [4.69, 9.17) is 4.74 Å². The summed E-state index contributed by atoms with van der Waals surface area (Å²) in [5.74, 6) is 0. The van der Waals surface area contributed by atoms with Crippen LogP contribution in [-0.2, 0) is 9.53 Å². The second-order valence-electron chi connectivity index (χ2n) is 2.88. The summed E-state index contributed by atoms with van der Waals surface area (Å²) < 4.78 is 5.17. The van der Waals surface area contributed by atoms with Gasteiger partial charge in [0.2, 0.25) is 6.41 Å². The van der Waals surface area contributed by atoms with Crippen LogP contribution in [-0.4, -0.2) is 31.2 Å². The zero-order valence-electron chi connectivity index (χ0n) is 6.95. The quantitative estimate of drug-likeness (QED) is 0.559. The fourth-order valence-corrected chi connectivity index (χ4v) is 1.47. The molecule has 3 nitrogen and oxygen atoms in total. The van der Waals surface area contributed by atoms with Gasteiger partial charge in [0.05, 0.1) is 0 Å². The van der Waals surface area contributed by atoms with Gasteiger partial charge in [-0.15, -0.1) is 0 Å². The largest absolute Gasteiger partial charge is 0.362 e. The molecule has 0 aliphatic carbocycles. The molecule has 1 heterocycles. The number of amides is 1. The SMILES string of the molecule is COC1CCCCCN1C=O. The van der Waals surface area contributed by atoms with Gasteiger partial charge in [0.1, 0.15) is 6.23 Å². The molecule has 1 amide bonds. The van der Waals surface area contributed by atoms with Crippen LogP contribution < -0.4 is 0 Å². The maximum absolute atomic E-state index is 10.5. The molecule has 11 heavy (non-hydrogen) atoms. The minimum absolute atomic E-state index is 0.0231. The molecular formula is C8H15NO2. The molecule has 64 valence electrons. The summed E-state index contributed by atoms with van der Waals surface area (Å²) in [6.45, 7) is 0.849. The molecule has 0 spiro atoms. The van der Waals surface area contributed by atoms with Gasteiger partial charge in [0, 0.05) is 13.7 Å². The Morgan fingerprint density at radius 1 is 1.45 bits per heavy atom. The van der Waals surface area contributed by atoms with E-state index in [0.29, 0.717) is 0 Å². The molecule has 0 bridgehead atoms. The molecule has 0 aromatic carbocycles. The lowest BCUT2D eigenvalue weighted by Crippen LogP contribution is -2.34. The van der Waals surface area contributed by atoms with E-state index in [2.05, 4.69) is 0 Å². The topological polar surface area (TPSA) is 29.5 Å². The molecule has 1 fully saturated rings. The molecule has 1 atom stereocenters. The van der Waals surface area contributed by atoms with Crippen LogP contribution in [0.3, 0.4) is 0 Å². The van der Waals surface area contributed by atoms with Crippen molar-refractivity contribution >= 4 is 6.41 Å². The number of rotatable bonds is 2. The Bertz CT molecular complexity index is 127. The average Bonchev–Trinajstić information content (AvgIpc) is 2.27. The number of nitrogens with zero attached hydrogens (tertiary/aromatic N) is 1. The molecule has 1 unspecified atom stereocenters. The summed E-state index contributed by atoms with van der Waals surface area (Å²) in [7, 11) is 1.66. The third kappa shape index (κ3) is 2.19. The van der Waals surface area contributed by atoms with E-state index in [0.717, 1.165) is 25.8 Å². The molecule has 3 heteroatoms. The molecule has 0 aromatic rings. The van der Waals surface area contributed by atoms with Gasteiger partial charge in [-0.1, -0.05) is 6.42 Å². The van der Waals surface area contributed by atoms with Crippen molar-refractivity contribution in [2.75, 3.05) is 13.7 Å². The number of carbonyl (C=O) groups excluding carboxylic acids is 1. The smallest absolute Gasteiger partial charge is 0.211 e. The first-order valence-electron chi connectivity index (χ1n) is 4.12. The Labute approximate surface area is 67.3 Å². The normalized spacial score (nSPS) is 26.3. The van der Waals surface area contributed by atoms with Gasteiger partial charge in [0.25, 0.3) is 0 Å². The maximum Gasteiger partial charge on any atom is 0.211 e. The van der Waals surface area contributed by atoms with E-state index in [1.54, 1.807) is 12.0 Å². The van der Waals surface area contributed by atoms with E-state index >= 15 is 0 Å². The van der Waals surface area contributed by atoms with Gasteiger partial charge >= 0.3 is 0 Å². The lowest BCUT2D eigenvalue weighted by molar-refractivity contribution is -0.129. The van der Waals surface area contributed by atoms with Crippen molar-refractivity contribution in [3.05, 3.63) is 0 Å². The molecule has 1 rings (SSSR count). The molecule has 1 aliphatic heterocycles. The van der Waals surface area contributed by atoms with Crippen LogP contribution in [0.25, 0.3) is 0 Å². The van der Waals surface area contributed by atoms with Crippen LogP contribution in [0.5, 0.6) is 0 Å². The number of ether oxygens (including phenoxy) is 1. The minimum Gasteiger partial charge on any atom is -0.362 e. The number of likely N-dealkylation sites (tertiary alicyclic amines) is 1. The highest BCUT2D eigenvalue weighted by Crippen LogP contribution is 2.15. The van der Waals surface area contributed by atoms with Gasteiger partial charge in [-0.05, 0) is 19.3 Å². The number of methoxy groups -OCH3 is 1. The highest BCUT2D eigenvalue weighted by Gasteiger charge is 2.17.